The van der Waals surface area contributed by atoms with Gasteiger partial charge in [0.15, 0.2) is 0 Å². The molecule has 0 spiro atoms. The van der Waals surface area contributed by atoms with Crippen LogP contribution in [0.25, 0.3) is 0 Å². The van der Waals surface area contributed by atoms with Crippen molar-refractivity contribution < 1.29 is 9.59 Å². The van der Waals surface area contributed by atoms with E-state index < -0.39 is 0 Å². The standard InChI is InChI=1S/C19H27N3O2/c20-16-9-6-7-14(16)13-18(23)21-17-10-3-2-8-15(17)19(24)22-11-4-1-5-12-22/h2-3,8,10,14,16H,1,4-7,9,11-13,20H2,(H,21,23)/t14-,16+/m0/s1. The van der Waals surface area contributed by atoms with E-state index in [0.717, 1.165) is 45.2 Å². The molecule has 2 aliphatic rings. The van der Waals surface area contributed by atoms with Gasteiger partial charge in [-0.1, -0.05) is 18.6 Å². The third kappa shape index (κ3) is 3.96. The van der Waals surface area contributed by atoms with Gasteiger partial charge in [-0.25, -0.2) is 0 Å². The van der Waals surface area contributed by atoms with Crippen molar-refractivity contribution in [2.75, 3.05) is 18.4 Å². The van der Waals surface area contributed by atoms with Crippen molar-refractivity contribution in [1.82, 2.24) is 4.90 Å². The number of hydrogen-bond donors (Lipinski definition) is 2. The summed E-state index contributed by atoms with van der Waals surface area (Å²) >= 11 is 0. The van der Waals surface area contributed by atoms with E-state index in [1.54, 1.807) is 6.07 Å². The second kappa shape index (κ2) is 7.79. The quantitative estimate of drug-likeness (QED) is 0.892. The highest BCUT2D eigenvalue weighted by Gasteiger charge is 2.27. The number of nitrogens with zero attached hydrogens (tertiary/aromatic N) is 1. The first kappa shape index (κ1) is 17.0. The molecule has 1 aromatic rings. The average Bonchev–Trinajstić information content (AvgIpc) is 3.00. The predicted molar refractivity (Wildman–Crippen MR) is 94.8 cm³/mol. The zero-order chi connectivity index (χ0) is 16.9. The smallest absolute Gasteiger partial charge is 0.255 e. The largest absolute Gasteiger partial charge is 0.339 e. The summed E-state index contributed by atoms with van der Waals surface area (Å²) < 4.78 is 0. The van der Waals surface area contributed by atoms with E-state index in [0.29, 0.717) is 17.7 Å². The van der Waals surface area contributed by atoms with Crippen molar-refractivity contribution in [1.29, 1.82) is 0 Å². The molecule has 1 aliphatic carbocycles. The number of amides is 2. The topological polar surface area (TPSA) is 75.4 Å². The molecule has 5 nitrogen and oxygen atoms in total. The molecule has 1 aromatic carbocycles. The predicted octanol–water partition coefficient (Wildman–Crippen LogP) is 2.77. The number of carbonyl (C=O) groups excluding carboxylic acids is 2. The van der Waals surface area contributed by atoms with Crippen molar-refractivity contribution in [2.24, 2.45) is 11.7 Å². The summed E-state index contributed by atoms with van der Waals surface area (Å²) in [4.78, 5) is 27.0. The monoisotopic (exact) mass is 329 g/mol. The Labute approximate surface area is 143 Å². The zero-order valence-corrected chi connectivity index (χ0v) is 14.2. The van der Waals surface area contributed by atoms with Gasteiger partial charge in [0.05, 0.1) is 11.3 Å². The lowest BCUT2D eigenvalue weighted by Crippen LogP contribution is -2.36. The molecule has 0 aromatic heterocycles. The van der Waals surface area contributed by atoms with Crippen LogP contribution in [-0.2, 0) is 4.79 Å². The molecule has 2 amide bonds. The van der Waals surface area contributed by atoms with E-state index in [2.05, 4.69) is 5.32 Å². The SMILES string of the molecule is N[C@@H]1CCC[C@H]1CC(=O)Nc1ccccc1C(=O)N1CCCCC1. The van der Waals surface area contributed by atoms with Gasteiger partial charge in [0.2, 0.25) is 5.91 Å². The number of carbonyl (C=O) groups is 2. The number of hydrogen-bond acceptors (Lipinski definition) is 3. The number of benzene rings is 1. The van der Waals surface area contributed by atoms with Gasteiger partial charge in [-0.15, -0.1) is 0 Å². The maximum Gasteiger partial charge on any atom is 0.255 e. The molecule has 1 saturated heterocycles. The molecule has 0 unspecified atom stereocenters. The molecule has 2 atom stereocenters. The summed E-state index contributed by atoms with van der Waals surface area (Å²) in [7, 11) is 0. The van der Waals surface area contributed by atoms with E-state index in [1.807, 2.05) is 23.1 Å². The lowest BCUT2D eigenvalue weighted by Gasteiger charge is -2.27. The van der Waals surface area contributed by atoms with Gasteiger partial charge < -0.3 is 16.0 Å². The Morgan fingerprint density at radius 2 is 1.83 bits per heavy atom. The molecule has 24 heavy (non-hydrogen) atoms. The maximum absolute atomic E-state index is 12.8. The Hall–Kier alpha value is -1.88. The van der Waals surface area contributed by atoms with E-state index in [4.69, 9.17) is 5.73 Å². The van der Waals surface area contributed by atoms with Crippen molar-refractivity contribution in [3.63, 3.8) is 0 Å². The van der Waals surface area contributed by atoms with Crippen LogP contribution in [0.15, 0.2) is 24.3 Å². The molecule has 0 radical (unpaired) electrons. The Morgan fingerprint density at radius 1 is 1.08 bits per heavy atom. The van der Waals surface area contributed by atoms with E-state index in [9.17, 15) is 9.59 Å². The minimum Gasteiger partial charge on any atom is -0.339 e. The third-order valence-electron chi connectivity index (χ3n) is 5.24. The van der Waals surface area contributed by atoms with E-state index in [-0.39, 0.29) is 23.8 Å². The highest BCUT2D eigenvalue weighted by atomic mass is 16.2. The molecule has 3 N–H and O–H groups in total. The average molecular weight is 329 g/mol. The number of rotatable bonds is 4. The molecular formula is C19H27N3O2. The fourth-order valence-corrected chi connectivity index (χ4v) is 3.80. The van der Waals surface area contributed by atoms with Crippen LogP contribution in [0, 0.1) is 5.92 Å². The van der Waals surface area contributed by atoms with Crippen LogP contribution < -0.4 is 11.1 Å². The number of para-hydroxylation sites is 1. The number of nitrogens with one attached hydrogen (secondary N) is 1. The van der Waals surface area contributed by atoms with Gasteiger partial charge in [0.25, 0.3) is 5.91 Å². The Morgan fingerprint density at radius 3 is 2.54 bits per heavy atom. The Bertz CT molecular complexity index is 596. The molecule has 1 aliphatic heterocycles. The summed E-state index contributed by atoms with van der Waals surface area (Å²) in [5, 5.41) is 2.94. The second-order valence-corrected chi connectivity index (χ2v) is 7.01. The molecule has 2 fully saturated rings. The fraction of sp³-hybridized carbons (Fsp3) is 0.579. The van der Waals surface area contributed by atoms with Crippen molar-refractivity contribution in [3.05, 3.63) is 29.8 Å². The molecule has 1 saturated carbocycles. The number of anilines is 1. The van der Waals surface area contributed by atoms with Gasteiger partial charge in [-0.05, 0) is 50.2 Å². The molecule has 1 heterocycles. The van der Waals surface area contributed by atoms with Gasteiger partial charge in [-0.2, -0.15) is 0 Å². The zero-order valence-electron chi connectivity index (χ0n) is 14.2. The van der Waals surface area contributed by atoms with E-state index in [1.165, 1.54) is 6.42 Å². The number of nitrogens with two attached hydrogens (primary N) is 1. The molecular weight excluding hydrogens is 302 g/mol. The first-order valence-electron chi connectivity index (χ1n) is 9.09. The van der Waals surface area contributed by atoms with Crippen LogP contribution in [-0.4, -0.2) is 35.8 Å². The summed E-state index contributed by atoms with van der Waals surface area (Å²) in [5.74, 6) is 0.231. The Kier molecular flexibility index (Phi) is 5.51. The van der Waals surface area contributed by atoms with Gasteiger partial charge in [0, 0.05) is 25.6 Å². The Balaban J connectivity index is 1.67. The third-order valence-corrected chi connectivity index (χ3v) is 5.24. The maximum atomic E-state index is 12.8. The van der Waals surface area contributed by atoms with E-state index >= 15 is 0 Å². The number of likely N-dealkylation sites (tertiary alicyclic amines) is 1. The van der Waals surface area contributed by atoms with Gasteiger partial charge in [0.1, 0.15) is 0 Å². The highest BCUT2D eigenvalue weighted by molar-refractivity contribution is 6.03. The minimum absolute atomic E-state index is 0.0168. The molecule has 5 heteroatoms. The molecule has 3 rings (SSSR count). The van der Waals surface area contributed by atoms with Crippen LogP contribution in [0.4, 0.5) is 5.69 Å². The molecule has 0 bridgehead atoms. The number of piperidine rings is 1. The fourth-order valence-electron chi connectivity index (χ4n) is 3.80. The normalized spacial score (nSPS) is 24.0. The van der Waals surface area contributed by atoms with Crippen molar-refractivity contribution in [3.8, 4) is 0 Å². The summed E-state index contributed by atoms with van der Waals surface area (Å²) in [5.41, 5.74) is 7.26. The van der Waals surface area contributed by atoms with Crippen LogP contribution in [0.5, 0.6) is 0 Å². The summed E-state index contributed by atoms with van der Waals surface area (Å²) in [6.45, 7) is 1.61. The van der Waals surface area contributed by atoms with Crippen LogP contribution >= 0.6 is 0 Å². The lowest BCUT2D eigenvalue weighted by molar-refractivity contribution is -0.117. The van der Waals surface area contributed by atoms with Crippen LogP contribution in [0.2, 0.25) is 0 Å². The highest BCUT2D eigenvalue weighted by Crippen LogP contribution is 2.27. The first-order valence-corrected chi connectivity index (χ1v) is 9.09. The van der Waals surface area contributed by atoms with Gasteiger partial charge in [-0.3, -0.25) is 9.59 Å². The van der Waals surface area contributed by atoms with Crippen molar-refractivity contribution >= 4 is 17.5 Å². The summed E-state index contributed by atoms with van der Waals surface area (Å²) in [6, 6.07) is 7.43. The first-order chi connectivity index (χ1) is 11.6. The lowest BCUT2D eigenvalue weighted by atomic mass is 9.99. The summed E-state index contributed by atoms with van der Waals surface area (Å²) in [6.07, 6.45) is 6.85. The van der Waals surface area contributed by atoms with Crippen LogP contribution in [0.1, 0.15) is 55.3 Å². The van der Waals surface area contributed by atoms with Crippen molar-refractivity contribution in [2.45, 2.75) is 51.0 Å². The van der Waals surface area contributed by atoms with Gasteiger partial charge >= 0.3 is 0 Å². The second-order valence-electron chi connectivity index (χ2n) is 7.01. The molecule has 130 valence electrons. The van der Waals surface area contributed by atoms with Crippen LogP contribution in [0.3, 0.4) is 0 Å². The minimum atomic E-state index is -0.0451.